The highest BCUT2D eigenvalue weighted by Gasteiger charge is 2.11. The van der Waals surface area contributed by atoms with Crippen molar-refractivity contribution in [3.63, 3.8) is 0 Å². The van der Waals surface area contributed by atoms with Gasteiger partial charge in [0.1, 0.15) is 5.75 Å². The smallest absolute Gasteiger partial charge is 0.128 e. The van der Waals surface area contributed by atoms with E-state index in [9.17, 15) is 0 Å². The molecule has 0 aliphatic rings. The number of hydrogen-bond donors (Lipinski definition) is 1. The average molecular weight is 252 g/mol. The number of nitrogens with zero attached hydrogens (tertiary/aromatic N) is 1. The molecule has 0 amide bonds. The van der Waals surface area contributed by atoms with Crippen molar-refractivity contribution in [3.8, 4) is 5.75 Å². The van der Waals surface area contributed by atoms with Crippen LogP contribution in [0.4, 0.5) is 0 Å². The van der Waals surface area contributed by atoms with E-state index in [1.54, 1.807) is 14.2 Å². The normalized spacial score (nSPS) is 12.5. The first-order valence-electron chi connectivity index (χ1n) is 6.35. The number of rotatable bonds is 7. The van der Waals surface area contributed by atoms with E-state index in [4.69, 9.17) is 9.47 Å². The van der Waals surface area contributed by atoms with Crippen molar-refractivity contribution in [3.05, 3.63) is 23.0 Å². The first-order chi connectivity index (χ1) is 8.63. The molecule has 4 nitrogen and oxygen atoms in total. The summed E-state index contributed by atoms with van der Waals surface area (Å²) in [4.78, 5) is 4.47. The van der Waals surface area contributed by atoms with Crippen LogP contribution < -0.4 is 10.1 Å². The van der Waals surface area contributed by atoms with Crippen LogP contribution in [-0.2, 0) is 11.3 Å². The zero-order valence-corrected chi connectivity index (χ0v) is 12.0. The fraction of sp³-hybridized carbons (Fsp3) is 0.643. The van der Waals surface area contributed by atoms with Crippen molar-refractivity contribution in [2.45, 2.75) is 39.8 Å². The van der Waals surface area contributed by atoms with Gasteiger partial charge < -0.3 is 14.8 Å². The molecule has 0 aliphatic carbocycles. The largest absolute Gasteiger partial charge is 0.496 e. The zero-order chi connectivity index (χ0) is 13.5. The number of aromatic nitrogens is 1. The lowest BCUT2D eigenvalue weighted by molar-refractivity contribution is 0.163. The Kier molecular flexibility index (Phi) is 6.09. The van der Waals surface area contributed by atoms with Crippen LogP contribution in [-0.4, -0.2) is 31.9 Å². The molecule has 0 spiro atoms. The van der Waals surface area contributed by atoms with Gasteiger partial charge in [-0.25, -0.2) is 0 Å². The van der Waals surface area contributed by atoms with Gasteiger partial charge in [0, 0.05) is 37.0 Å². The quantitative estimate of drug-likeness (QED) is 0.808. The molecule has 1 rings (SSSR count). The van der Waals surface area contributed by atoms with E-state index < -0.39 is 0 Å². The number of pyridine rings is 1. The second-order valence-electron chi connectivity index (χ2n) is 4.49. The van der Waals surface area contributed by atoms with Crippen LogP contribution in [0, 0.1) is 13.8 Å². The molecule has 1 N–H and O–H groups in total. The molecule has 1 aromatic heterocycles. The topological polar surface area (TPSA) is 43.4 Å². The monoisotopic (exact) mass is 252 g/mol. The lowest BCUT2D eigenvalue weighted by Gasteiger charge is -2.17. The minimum Gasteiger partial charge on any atom is -0.496 e. The maximum atomic E-state index is 5.40. The number of hydrogen-bond acceptors (Lipinski definition) is 4. The minimum atomic E-state index is 0.364. The Balaban J connectivity index is 2.73. The summed E-state index contributed by atoms with van der Waals surface area (Å²) in [6.07, 6.45) is 2.90. The van der Waals surface area contributed by atoms with Crippen LogP contribution in [0.2, 0.25) is 0 Å². The highest BCUT2D eigenvalue weighted by molar-refractivity contribution is 5.40. The van der Waals surface area contributed by atoms with E-state index >= 15 is 0 Å². The van der Waals surface area contributed by atoms with Crippen LogP contribution in [0.1, 0.15) is 30.2 Å². The van der Waals surface area contributed by atoms with Gasteiger partial charge in [-0.2, -0.15) is 0 Å². The van der Waals surface area contributed by atoms with Gasteiger partial charge in [0.25, 0.3) is 0 Å². The molecule has 1 atom stereocenters. The van der Waals surface area contributed by atoms with Crippen LogP contribution in [0.3, 0.4) is 0 Å². The maximum Gasteiger partial charge on any atom is 0.128 e. The van der Waals surface area contributed by atoms with Crippen molar-refractivity contribution in [1.82, 2.24) is 10.3 Å². The van der Waals surface area contributed by atoms with Crippen molar-refractivity contribution in [1.29, 1.82) is 0 Å². The van der Waals surface area contributed by atoms with Crippen molar-refractivity contribution in [2.75, 3.05) is 20.8 Å². The molecule has 1 aromatic rings. The fourth-order valence-corrected chi connectivity index (χ4v) is 2.01. The summed E-state index contributed by atoms with van der Waals surface area (Å²) in [6.45, 7) is 7.67. The second kappa shape index (κ2) is 7.34. The first-order valence-corrected chi connectivity index (χ1v) is 6.35. The lowest BCUT2D eigenvalue weighted by Crippen LogP contribution is -2.32. The molecule has 0 radical (unpaired) electrons. The summed E-state index contributed by atoms with van der Waals surface area (Å²) >= 11 is 0. The molecular formula is C14H24N2O2. The van der Waals surface area contributed by atoms with Crippen molar-refractivity contribution < 1.29 is 9.47 Å². The fourth-order valence-electron chi connectivity index (χ4n) is 2.01. The summed E-state index contributed by atoms with van der Waals surface area (Å²) in [5.74, 6) is 0.932. The number of ether oxygens (including phenoxy) is 2. The molecule has 0 fully saturated rings. The Morgan fingerprint density at radius 3 is 2.61 bits per heavy atom. The molecule has 0 saturated carbocycles. The van der Waals surface area contributed by atoms with Crippen LogP contribution in [0.25, 0.3) is 0 Å². The Labute approximate surface area is 110 Å². The third-order valence-corrected chi connectivity index (χ3v) is 3.17. The Morgan fingerprint density at radius 2 is 2.06 bits per heavy atom. The second-order valence-corrected chi connectivity index (χ2v) is 4.49. The number of methoxy groups -OCH3 is 2. The first kappa shape index (κ1) is 14.9. The number of nitrogens with one attached hydrogen (secondary N) is 1. The summed E-state index contributed by atoms with van der Waals surface area (Å²) < 4.78 is 10.6. The van der Waals surface area contributed by atoms with Gasteiger partial charge in [0.2, 0.25) is 0 Å². The van der Waals surface area contributed by atoms with Gasteiger partial charge in [-0.15, -0.1) is 0 Å². The molecule has 0 saturated heterocycles. The summed E-state index contributed by atoms with van der Waals surface area (Å²) in [5, 5.41) is 3.46. The lowest BCUT2D eigenvalue weighted by atomic mass is 10.1. The summed E-state index contributed by atoms with van der Waals surface area (Å²) in [7, 11) is 3.43. The third-order valence-electron chi connectivity index (χ3n) is 3.17. The van der Waals surface area contributed by atoms with E-state index in [0.29, 0.717) is 6.04 Å². The predicted octanol–water partition coefficient (Wildman–Crippen LogP) is 2.22. The van der Waals surface area contributed by atoms with E-state index in [1.807, 2.05) is 20.0 Å². The van der Waals surface area contributed by atoms with E-state index in [0.717, 1.165) is 42.1 Å². The molecule has 18 heavy (non-hydrogen) atoms. The standard InChI is InChI=1S/C14H24N2O2/c1-6-12(9-17-4)15-8-13-11(3)14(18-5)10(2)7-16-13/h7,12,15H,6,8-9H2,1-5H3. The molecule has 0 aliphatic heterocycles. The van der Waals surface area contributed by atoms with E-state index in [-0.39, 0.29) is 0 Å². The van der Waals surface area contributed by atoms with Gasteiger partial charge in [0.15, 0.2) is 0 Å². The summed E-state index contributed by atoms with van der Waals surface area (Å²) in [5.41, 5.74) is 3.21. The predicted molar refractivity (Wildman–Crippen MR) is 73.1 cm³/mol. The highest BCUT2D eigenvalue weighted by atomic mass is 16.5. The Morgan fingerprint density at radius 1 is 1.33 bits per heavy atom. The van der Waals surface area contributed by atoms with Crippen LogP contribution in [0.5, 0.6) is 5.75 Å². The van der Waals surface area contributed by atoms with Gasteiger partial charge >= 0.3 is 0 Å². The van der Waals surface area contributed by atoms with Crippen molar-refractivity contribution >= 4 is 0 Å². The van der Waals surface area contributed by atoms with E-state index in [1.165, 1.54) is 0 Å². The van der Waals surface area contributed by atoms with Crippen LogP contribution >= 0.6 is 0 Å². The molecule has 4 heteroatoms. The van der Waals surface area contributed by atoms with E-state index in [2.05, 4.69) is 17.2 Å². The summed E-state index contributed by atoms with van der Waals surface area (Å²) in [6, 6.07) is 0.364. The Hall–Kier alpha value is -1.13. The SMILES string of the molecule is CCC(COC)NCc1ncc(C)c(OC)c1C. The zero-order valence-electron chi connectivity index (χ0n) is 12.0. The third kappa shape index (κ3) is 3.68. The Bertz CT molecular complexity index is 380. The molecule has 0 aromatic carbocycles. The van der Waals surface area contributed by atoms with Gasteiger partial charge in [-0.05, 0) is 20.3 Å². The molecule has 102 valence electrons. The number of aryl methyl sites for hydroxylation is 1. The maximum absolute atomic E-state index is 5.40. The van der Waals surface area contributed by atoms with Gasteiger partial charge in [0.05, 0.1) is 19.4 Å². The highest BCUT2D eigenvalue weighted by Crippen LogP contribution is 2.23. The van der Waals surface area contributed by atoms with Gasteiger partial charge in [-0.1, -0.05) is 6.92 Å². The molecule has 0 bridgehead atoms. The molecular weight excluding hydrogens is 228 g/mol. The average Bonchev–Trinajstić information content (AvgIpc) is 2.37. The minimum absolute atomic E-state index is 0.364. The van der Waals surface area contributed by atoms with Crippen LogP contribution in [0.15, 0.2) is 6.20 Å². The molecule has 1 unspecified atom stereocenters. The van der Waals surface area contributed by atoms with Crippen molar-refractivity contribution in [2.24, 2.45) is 0 Å². The molecule has 1 heterocycles. The van der Waals surface area contributed by atoms with Gasteiger partial charge in [-0.3, -0.25) is 4.98 Å².